The van der Waals surface area contributed by atoms with Crippen LogP contribution in [0.15, 0.2) is 60.7 Å². The van der Waals surface area contributed by atoms with Crippen molar-refractivity contribution in [1.82, 2.24) is 0 Å². The molecule has 0 unspecified atom stereocenters. The van der Waals surface area contributed by atoms with Crippen LogP contribution in [0, 0.1) is 0 Å². The highest BCUT2D eigenvalue weighted by atomic mass is 16.3. The molecule has 6 nitrogen and oxygen atoms in total. The molecule has 5 rings (SSSR count). The quantitative estimate of drug-likeness (QED) is 0.230. The zero-order valence-electron chi connectivity index (χ0n) is 16.2. The maximum atomic E-state index is 10.7. The van der Waals surface area contributed by atoms with Crippen molar-refractivity contribution in [3.63, 3.8) is 0 Å². The average Bonchev–Trinajstić information content (AvgIpc) is 3.15. The van der Waals surface area contributed by atoms with E-state index < -0.39 is 34.5 Å². The molecule has 0 radical (unpaired) electrons. The highest BCUT2D eigenvalue weighted by Gasteiger charge is 2.28. The second-order valence-corrected chi connectivity index (χ2v) is 7.51. The standard InChI is InChI=1S/C25H18O6/c26-19-9-7-16(22(28)24(19)30)15-6-5-14-13-4-2-1-3-12(13)11-18(14)21(15)17-8-10-20(27)25(31)23(17)29/h1-10,26-31H,11H2. The van der Waals surface area contributed by atoms with Gasteiger partial charge in [0.2, 0.25) is 11.5 Å². The summed E-state index contributed by atoms with van der Waals surface area (Å²) in [6.45, 7) is 0. The SMILES string of the molecule is Oc1ccc(-c2ccc3c(c2-c2ccc(O)c(O)c2O)Cc2ccccc2-3)c(O)c1O. The molecule has 6 heteroatoms. The van der Waals surface area contributed by atoms with Crippen LogP contribution in [0.2, 0.25) is 0 Å². The van der Waals surface area contributed by atoms with E-state index in [1.54, 1.807) is 6.07 Å². The fourth-order valence-corrected chi connectivity index (χ4v) is 4.30. The van der Waals surface area contributed by atoms with E-state index in [0.29, 0.717) is 17.5 Å². The van der Waals surface area contributed by atoms with Gasteiger partial charge in [-0.2, -0.15) is 0 Å². The van der Waals surface area contributed by atoms with E-state index in [4.69, 9.17) is 0 Å². The molecular formula is C25H18O6. The lowest BCUT2D eigenvalue weighted by atomic mass is 9.87. The molecule has 1 aliphatic carbocycles. The van der Waals surface area contributed by atoms with Gasteiger partial charge in [0.05, 0.1) is 0 Å². The number of benzene rings is 4. The number of fused-ring (bicyclic) bond motifs is 3. The molecule has 0 spiro atoms. The molecule has 4 aromatic carbocycles. The maximum Gasteiger partial charge on any atom is 0.200 e. The lowest BCUT2D eigenvalue weighted by Gasteiger charge is -2.18. The summed E-state index contributed by atoms with van der Waals surface area (Å²) in [7, 11) is 0. The second-order valence-electron chi connectivity index (χ2n) is 7.51. The Morgan fingerprint density at radius 2 is 1.00 bits per heavy atom. The van der Waals surface area contributed by atoms with Gasteiger partial charge >= 0.3 is 0 Å². The van der Waals surface area contributed by atoms with Gasteiger partial charge in [0.1, 0.15) is 0 Å². The summed E-state index contributed by atoms with van der Waals surface area (Å²) in [5.74, 6) is -3.20. The van der Waals surface area contributed by atoms with Gasteiger partial charge < -0.3 is 30.6 Å². The Bertz CT molecular complexity index is 1370. The summed E-state index contributed by atoms with van der Waals surface area (Å²) in [5, 5.41) is 60.9. The predicted molar refractivity (Wildman–Crippen MR) is 116 cm³/mol. The number of hydrogen-bond acceptors (Lipinski definition) is 6. The van der Waals surface area contributed by atoms with E-state index in [1.165, 1.54) is 24.3 Å². The van der Waals surface area contributed by atoms with Crippen LogP contribution in [0.25, 0.3) is 33.4 Å². The van der Waals surface area contributed by atoms with E-state index in [-0.39, 0.29) is 11.1 Å². The van der Waals surface area contributed by atoms with Crippen molar-refractivity contribution in [3.05, 3.63) is 71.8 Å². The normalized spacial score (nSPS) is 11.9. The molecule has 0 saturated carbocycles. The summed E-state index contributed by atoms with van der Waals surface area (Å²) in [6.07, 6.45) is 0.556. The monoisotopic (exact) mass is 414 g/mol. The molecule has 0 bridgehead atoms. The van der Waals surface area contributed by atoms with Crippen LogP contribution in [0.3, 0.4) is 0 Å². The average molecular weight is 414 g/mol. The molecule has 4 aromatic rings. The molecule has 6 N–H and O–H groups in total. The van der Waals surface area contributed by atoms with Crippen molar-refractivity contribution in [2.24, 2.45) is 0 Å². The van der Waals surface area contributed by atoms with Gasteiger partial charge in [-0.25, -0.2) is 0 Å². The molecule has 154 valence electrons. The van der Waals surface area contributed by atoms with Crippen LogP contribution >= 0.6 is 0 Å². The Hall–Kier alpha value is -4.32. The Kier molecular flexibility index (Phi) is 3.98. The highest BCUT2D eigenvalue weighted by molar-refractivity contribution is 5.97. The molecule has 0 heterocycles. The van der Waals surface area contributed by atoms with Crippen LogP contribution < -0.4 is 0 Å². The number of rotatable bonds is 2. The molecule has 0 atom stereocenters. The topological polar surface area (TPSA) is 121 Å². The number of aromatic hydroxyl groups is 6. The number of hydrogen-bond donors (Lipinski definition) is 6. The van der Waals surface area contributed by atoms with Crippen molar-refractivity contribution in [2.45, 2.75) is 6.42 Å². The maximum absolute atomic E-state index is 10.7. The van der Waals surface area contributed by atoms with Gasteiger partial charge in [-0.05, 0) is 64.1 Å². The predicted octanol–water partition coefficient (Wildman–Crippen LogP) is 4.83. The highest BCUT2D eigenvalue weighted by Crippen LogP contribution is 2.53. The zero-order valence-corrected chi connectivity index (χ0v) is 16.2. The van der Waals surface area contributed by atoms with E-state index in [1.807, 2.05) is 30.3 Å². The van der Waals surface area contributed by atoms with Crippen LogP contribution in [0.5, 0.6) is 34.5 Å². The van der Waals surface area contributed by atoms with Crippen molar-refractivity contribution in [2.75, 3.05) is 0 Å². The fourth-order valence-electron chi connectivity index (χ4n) is 4.30. The van der Waals surface area contributed by atoms with E-state index in [2.05, 4.69) is 0 Å². The Morgan fingerprint density at radius 3 is 1.71 bits per heavy atom. The van der Waals surface area contributed by atoms with Crippen molar-refractivity contribution < 1.29 is 30.6 Å². The van der Waals surface area contributed by atoms with Gasteiger partial charge in [0.25, 0.3) is 0 Å². The molecular weight excluding hydrogens is 396 g/mol. The smallest absolute Gasteiger partial charge is 0.200 e. The van der Waals surface area contributed by atoms with Gasteiger partial charge in [-0.3, -0.25) is 0 Å². The summed E-state index contributed by atoms with van der Waals surface area (Å²) in [6, 6.07) is 17.1. The van der Waals surface area contributed by atoms with Crippen LogP contribution in [-0.2, 0) is 6.42 Å². The van der Waals surface area contributed by atoms with Gasteiger partial charge in [0, 0.05) is 11.1 Å². The lowest BCUT2D eigenvalue weighted by Crippen LogP contribution is -1.94. The Morgan fingerprint density at radius 1 is 0.452 bits per heavy atom. The first-order valence-electron chi connectivity index (χ1n) is 9.61. The minimum atomic E-state index is -0.648. The molecule has 31 heavy (non-hydrogen) atoms. The Labute approximate surface area is 177 Å². The second kappa shape index (κ2) is 6.60. The van der Waals surface area contributed by atoms with Crippen molar-refractivity contribution in [1.29, 1.82) is 0 Å². The van der Waals surface area contributed by atoms with Gasteiger partial charge in [0.15, 0.2) is 23.0 Å². The summed E-state index contributed by atoms with van der Waals surface area (Å²) in [5.41, 5.74) is 5.50. The third-order valence-electron chi connectivity index (χ3n) is 5.81. The first kappa shape index (κ1) is 18.7. The van der Waals surface area contributed by atoms with Gasteiger partial charge in [-0.15, -0.1) is 0 Å². The van der Waals surface area contributed by atoms with Crippen molar-refractivity contribution in [3.8, 4) is 67.9 Å². The summed E-state index contributed by atoms with van der Waals surface area (Å²) in [4.78, 5) is 0. The van der Waals surface area contributed by atoms with Crippen molar-refractivity contribution >= 4 is 0 Å². The summed E-state index contributed by atoms with van der Waals surface area (Å²) < 4.78 is 0. The van der Waals surface area contributed by atoms with Gasteiger partial charge in [-0.1, -0.05) is 36.4 Å². The molecule has 1 aliphatic rings. The minimum Gasteiger partial charge on any atom is -0.504 e. The third kappa shape index (κ3) is 2.65. The molecule has 0 aliphatic heterocycles. The molecule has 0 amide bonds. The molecule has 0 saturated heterocycles. The van der Waals surface area contributed by atoms with E-state index >= 15 is 0 Å². The fraction of sp³-hybridized carbons (Fsp3) is 0.0400. The molecule has 0 fully saturated rings. The van der Waals surface area contributed by atoms with Crippen LogP contribution in [0.1, 0.15) is 11.1 Å². The van der Waals surface area contributed by atoms with Crippen LogP contribution in [-0.4, -0.2) is 30.6 Å². The lowest BCUT2D eigenvalue weighted by molar-refractivity contribution is 0.368. The van der Waals surface area contributed by atoms with E-state index in [0.717, 1.165) is 22.3 Å². The largest absolute Gasteiger partial charge is 0.504 e. The number of phenolic OH excluding ortho intramolecular Hbond substituents is 6. The minimum absolute atomic E-state index is 0.246. The molecule has 0 aromatic heterocycles. The zero-order chi connectivity index (χ0) is 21.9. The number of phenols is 6. The first-order chi connectivity index (χ1) is 14.9. The van der Waals surface area contributed by atoms with Crippen LogP contribution in [0.4, 0.5) is 0 Å². The Balaban J connectivity index is 1.87. The van der Waals surface area contributed by atoms with E-state index in [9.17, 15) is 30.6 Å². The third-order valence-corrected chi connectivity index (χ3v) is 5.81. The summed E-state index contributed by atoms with van der Waals surface area (Å²) >= 11 is 0. The first-order valence-corrected chi connectivity index (χ1v) is 9.61.